The van der Waals surface area contributed by atoms with Gasteiger partial charge in [-0.2, -0.15) is 5.26 Å². The maximum atomic E-state index is 12.2. The van der Waals surface area contributed by atoms with Gasteiger partial charge in [0.1, 0.15) is 0 Å². The molecule has 1 aromatic heterocycles. The molecular weight excluding hydrogens is 304 g/mol. The number of hydrogen-bond donors (Lipinski definition) is 1. The van der Waals surface area contributed by atoms with Crippen LogP contribution in [0.3, 0.4) is 0 Å². The number of amides is 1. The van der Waals surface area contributed by atoms with E-state index in [4.69, 9.17) is 5.26 Å². The van der Waals surface area contributed by atoms with E-state index in [9.17, 15) is 4.79 Å². The summed E-state index contributed by atoms with van der Waals surface area (Å²) in [5.74, 6) is 0.657. The lowest BCUT2D eigenvalue weighted by molar-refractivity contribution is -0.117. The zero-order valence-corrected chi connectivity index (χ0v) is 13.2. The second-order valence-corrected chi connectivity index (χ2v) is 5.55. The number of rotatable bonds is 4. The van der Waals surface area contributed by atoms with Crippen molar-refractivity contribution in [1.29, 1.82) is 5.26 Å². The van der Waals surface area contributed by atoms with Crippen LogP contribution >= 0.6 is 0 Å². The third kappa shape index (κ3) is 4.06. The summed E-state index contributed by atoms with van der Waals surface area (Å²) in [6.07, 6.45) is 3.47. The minimum absolute atomic E-state index is 0.0745. The first-order chi connectivity index (χ1) is 11.7. The van der Waals surface area contributed by atoms with Crippen LogP contribution in [-0.2, 0) is 4.79 Å². The highest BCUT2D eigenvalue weighted by atomic mass is 16.2. The Morgan fingerprint density at radius 3 is 2.62 bits per heavy atom. The van der Waals surface area contributed by atoms with E-state index in [1.54, 1.807) is 42.7 Å². The molecule has 1 saturated heterocycles. The highest BCUT2D eigenvalue weighted by molar-refractivity contribution is 5.92. The molecule has 7 nitrogen and oxygen atoms in total. The van der Waals surface area contributed by atoms with Crippen LogP contribution < -0.4 is 10.2 Å². The van der Waals surface area contributed by atoms with Crippen LogP contribution in [0.15, 0.2) is 42.7 Å². The molecule has 0 saturated carbocycles. The lowest BCUT2D eigenvalue weighted by atomic mass is 10.2. The number of nitriles is 1. The minimum Gasteiger partial charge on any atom is -0.338 e. The van der Waals surface area contributed by atoms with Crippen LogP contribution in [0.25, 0.3) is 0 Å². The maximum Gasteiger partial charge on any atom is 0.238 e. The third-order valence-electron chi connectivity index (χ3n) is 3.85. The van der Waals surface area contributed by atoms with Gasteiger partial charge in [-0.15, -0.1) is 0 Å². The van der Waals surface area contributed by atoms with Gasteiger partial charge in [-0.1, -0.05) is 6.07 Å². The molecule has 7 heteroatoms. The van der Waals surface area contributed by atoms with E-state index in [1.807, 2.05) is 0 Å². The highest BCUT2D eigenvalue weighted by Crippen LogP contribution is 2.11. The van der Waals surface area contributed by atoms with E-state index in [0.29, 0.717) is 17.8 Å². The van der Waals surface area contributed by atoms with Gasteiger partial charge in [0.2, 0.25) is 11.9 Å². The Labute approximate surface area is 140 Å². The molecule has 1 fully saturated rings. The van der Waals surface area contributed by atoms with Crippen molar-refractivity contribution in [3.8, 4) is 6.07 Å². The molecule has 3 rings (SSSR count). The van der Waals surface area contributed by atoms with Crippen molar-refractivity contribution in [3.63, 3.8) is 0 Å². The predicted molar refractivity (Wildman–Crippen MR) is 90.5 cm³/mol. The fraction of sp³-hybridized carbons (Fsp3) is 0.294. The standard InChI is InChI=1S/C17H18N6O/c18-12-14-3-1-4-15(11-14)21-16(24)13-22-7-9-23(10-8-22)17-19-5-2-6-20-17/h1-6,11H,7-10,13H2,(H,21,24). The zero-order valence-electron chi connectivity index (χ0n) is 13.2. The van der Waals surface area contributed by atoms with Crippen LogP contribution in [0, 0.1) is 11.3 Å². The van der Waals surface area contributed by atoms with Gasteiger partial charge in [-0.3, -0.25) is 9.69 Å². The fourth-order valence-corrected chi connectivity index (χ4v) is 2.63. The second kappa shape index (κ2) is 7.53. The molecule has 0 unspecified atom stereocenters. The molecule has 1 aliphatic rings. The Kier molecular flexibility index (Phi) is 4.99. The van der Waals surface area contributed by atoms with E-state index in [0.717, 1.165) is 32.1 Å². The first kappa shape index (κ1) is 15.9. The zero-order chi connectivity index (χ0) is 16.8. The van der Waals surface area contributed by atoms with Crippen molar-refractivity contribution >= 4 is 17.5 Å². The number of carbonyl (C=O) groups excluding carboxylic acids is 1. The van der Waals surface area contributed by atoms with E-state index in [-0.39, 0.29) is 5.91 Å². The van der Waals surface area contributed by atoms with Gasteiger partial charge >= 0.3 is 0 Å². The summed E-state index contributed by atoms with van der Waals surface area (Å²) in [4.78, 5) is 24.9. The topological polar surface area (TPSA) is 85.2 Å². The number of nitrogens with one attached hydrogen (secondary N) is 1. The molecule has 2 aromatic rings. The molecule has 1 aliphatic heterocycles. The van der Waals surface area contributed by atoms with Gasteiger partial charge in [0, 0.05) is 44.3 Å². The maximum absolute atomic E-state index is 12.2. The number of aromatic nitrogens is 2. The molecule has 24 heavy (non-hydrogen) atoms. The van der Waals surface area contributed by atoms with Gasteiger partial charge in [0.15, 0.2) is 0 Å². The third-order valence-corrected chi connectivity index (χ3v) is 3.85. The number of piperazine rings is 1. The van der Waals surface area contributed by atoms with Gasteiger partial charge in [-0.25, -0.2) is 9.97 Å². The smallest absolute Gasteiger partial charge is 0.238 e. The highest BCUT2D eigenvalue weighted by Gasteiger charge is 2.20. The summed E-state index contributed by atoms with van der Waals surface area (Å²) >= 11 is 0. The second-order valence-electron chi connectivity index (χ2n) is 5.55. The lowest BCUT2D eigenvalue weighted by Crippen LogP contribution is -2.49. The fourth-order valence-electron chi connectivity index (χ4n) is 2.63. The van der Waals surface area contributed by atoms with Crippen molar-refractivity contribution in [2.75, 3.05) is 42.9 Å². The molecule has 0 radical (unpaired) electrons. The molecule has 0 spiro atoms. The van der Waals surface area contributed by atoms with Crippen LogP contribution in [0.4, 0.5) is 11.6 Å². The normalized spacial score (nSPS) is 14.9. The average Bonchev–Trinajstić information content (AvgIpc) is 2.63. The van der Waals surface area contributed by atoms with Gasteiger partial charge in [0.05, 0.1) is 18.2 Å². The summed E-state index contributed by atoms with van der Waals surface area (Å²) in [5.41, 5.74) is 1.18. The lowest BCUT2D eigenvalue weighted by Gasteiger charge is -2.34. The minimum atomic E-state index is -0.0745. The largest absolute Gasteiger partial charge is 0.338 e. The summed E-state index contributed by atoms with van der Waals surface area (Å²) in [7, 11) is 0. The Balaban J connectivity index is 1.49. The first-order valence-electron chi connectivity index (χ1n) is 7.79. The molecule has 1 N–H and O–H groups in total. The number of nitrogens with zero attached hydrogens (tertiary/aromatic N) is 5. The quantitative estimate of drug-likeness (QED) is 0.907. The number of benzene rings is 1. The Bertz CT molecular complexity index is 734. The molecule has 122 valence electrons. The Hall–Kier alpha value is -2.98. The van der Waals surface area contributed by atoms with Crippen LogP contribution in [0.5, 0.6) is 0 Å². The summed E-state index contributed by atoms with van der Waals surface area (Å²) < 4.78 is 0. The summed E-state index contributed by atoms with van der Waals surface area (Å²) in [6, 6.07) is 10.8. The SMILES string of the molecule is N#Cc1cccc(NC(=O)CN2CCN(c3ncccn3)CC2)c1. The first-order valence-corrected chi connectivity index (χ1v) is 7.79. The number of carbonyl (C=O) groups is 1. The van der Waals surface area contributed by atoms with Crippen LogP contribution in [0.1, 0.15) is 5.56 Å². The molecule has 1 amide bonds. The van der Waals surface area contributed by atoms with Crippen LogP contribution in [-0.4, -0.2) is 53.5 Å². The van der Waals surface area contributed by atoms with E-state index < -0.39 is 0 Å². The van der Waals surface area contributed by atoms with Gasteiger partial charge in [-0.05, 0) is 24.3 Å². The van der Waals surface area contributed by atoms with Crippen molar-refractivity contribution in [2.24, 2.45) is 0 Å². The summed E-state index contributed by atoms with van der Waals surface area (Å²) in [6.45, 7) is 3.48. The number of anilines is 2. The molecule has 0 aliphatic carbocycles. The van der Waals surface area contributed by atoms with Crippen molar-refractivity contribution < 1.29 is 4.79 Å². The van der Waals surface area contributed by atoms with Crippen molar-refractivity contribution in [1.82, 2.24) is 14.9 Å². The molecular formula is C17H18N6O. The molecule has 0 bridgehead atoms. The Morgan fingerprint density at radius 1 is 1.17 bits per heavy atom. The number of hydrogen-bond acceptors (Lipinski definition) is 6. The predicted octanol–water partition coefficient (Wildman–Crippen LogP) is 1.11. The average molecular weight is 322 g/mol. The van der Waals surface area contributed by atoms with Crippen molar-refractivity contribution in [2.45, 2.75) is 0 Å². The van der Waals surface area contributed by atoms with Gasteiger partial charge in [0.25, 0.3) is 0 Å². The molecule has 2 heterocycles. The molecule has 1 aromatic carbocycles. The van der Waals surface area contributed by atoms with Gasteiger partial charge < -0.3 is 10.2 Å². The molecule has 0 atom stereocenters. The van der Waals surface area contributed by atoms with E-state index in [1.165, 1.54) is 0 Å². The Morgan fingerprint density at radius 2 is 1.92 bits per heavy atom. The van der Waals surface area contributed by atoms with Crippen molar-refractivity contribution in [3.05, 3.63) is 48.3 Å². The van der Waals surface area contributed by atoms with E-state index >= 15 is 0 Å². The monoisotopic (exact) mass is 322 g/mol. The summed E-state index contributed by atoms with van der Waals surface area (Å²) in [5, 5.41) is 11.7. The van der Waals surface area contributed by atoms with Crippen LogP contribution in [0.2, 0.25) is 0 Å². The van der Waals surface area contributed by atoms with E-state index in [2.05, 4.69) is 31.2 Å².